The molecule has 1 aliphatic rings. The summed E-state index contributed by atoms with van der Waals surface area (Å²) in [6, 6.07) is 0. The van der Waals surface area contributed by atoms with E-state index in [1.165, 1.54) is 5.56 Å². The number of rotatable bonds is 7. The average molecular weight is 318 g/mol. The van der Waals surface area contributed by atoms with Crippen LogP contribution in [0.3, 0.4) is 0 Å². The molecule has 23 heavy (non-hydrogen) atoms. The van der Waals surface area contributed by atoms with E-state index in [0.717, 1.165) is 45.0 Å². The van der Waals surface area contributed by atoms with Gasteiger partial charge >= 0.3 is 0 Å². The van der Waals surface area contributed by atoms with E-state index in [9.17, 15) is 0 Å². The fourth-order valence-corrected chi connectivity index (χ4v) is 3.49. The van der Waals surface area contributed by atoms with E-state index < -0.39 is 0 Å². The van der Waals surface area contributed by atoms with Gasteiger partial charge < -0.3 is 4.74 Å². The monoisotopic (exact) mass is 318 g/mol. The third kappa shape index (κ3) is 3.61. The average Bonchev–Trinajstić information content (AvgIpc) is 3.22. The van der Waals surface area contributed by atoms with Crippen molar-refractivity contribution in [3.8, 4) is 0 Å². The maximum atomic E-state index is 5.44. The molecule has 0 unspecified atom stereocenters. The molecular formula is C16H26N6O. The number of hydrogen-bond acceptors (Lipinski definition) is 5. The van der Waals surface area contributed by atoms with Gasteiger partial charge in [-0.3, -0.25) is 9.58 Å². The lowest BCUT2D eigenvalue weighted by atomic mass is 9.92. The highest BCUT2D eigenvalue weighted by molar-refractivity contribution is 5.16. The molecule has 2 atom stereocenters. The summed E-state index contributed by atoms with van der Waals surface area (Å²) in [5.41, 5.74) is 1.30. The van der Waals surface area contributed by atoms with Crippen LogP contribution in [0.2, 0.25) is 0 Å². The molecule has 7 nitrogen and oxygen atoms in total. The van der Waals surface area contributed by atoms with Crippen LogP contribution in [0.5, 0.6) is 0 Å². The first-order chi connectivity index (χ1) is 11.2. The molecular weight excluding hydrogens is 292 g/mol. The highest BCUT2D eigenvalue weighted by Gasteiger charge is 2.34. The highest BCUT2D eigenvalue weighted by Crippen LogP contribution is 2.33. The van der Waals surface area contributed by atoms with Crippen molar-refractivity contribution in [2.45, 2.75) is 32.4 Å². The summed E-state index contributed by atoms with van der Waals surface area (Å²) in [7, 11) is 3.75. The Bertz CT molecular complexity index is 622. The van der Waals surface area contributed by atoms with E-state index in [0.29, 0.717) is 11.8 Å². The molecule has 0 amide bonds. The Morgan fingerprint density at radius 3 is 2.87 bits per heavy atom. The molecule has 0 N–H and O–H groups in total. The van der Waals surface area contributed by atoms with E-state index in [1.807, 2.05) is 22.6 Å². The van der Waals surface area contributed by atoms with Gasteiger partial charge in [-0.05, 0) is 12.0 Å². The zero-order valence-electron chi connectivity index (χ0n) is 14.2. The summed E-state index contributed by atoms with van der Waals surface area (Å²) in [4.78, 5) is 6.89. The van der Waals surface area contributed by atoms with Gasteiger partial charge in [-0.15, -0.1) is 0 Å². The summed E-state index contributed by atoms with van der Waals surface area (Å²) in [5.74, 6) is 2.01. The van der Waals surface area contributed by atoms with Gasteiger partial charge in [-0.1, -0.05) is 6.92 Å². The molecule has 3 heterocycles. The molecule has 126 valence electrons. The minimum absolute atomic E-state index is 0.464. The van der Waals surface area contributed by atoms with E-state index >= 15 is 0 Å². The Balaban J connectivity index is 1.71. The lowest BCUT2D eigenvalue weighted by Crippen LogP contribution is -2.23. The van der Waals surface area contributed by atoms with Gasteiger partial charge in [0, 0.05) is 51.8 Å². The van der Waals surface area contributed by atoms with Crippen molar-refractivity contribution >= 4 is 0 Å². The Labute approximate surface area is 137 Å². The first kappa shape index (κ1) is 16.1. The minimum Gasteiger partial charge on any atom is -0.384 e. The fraction of sp³-hybridized carbons (Fsp3) is 0.688. The molecule has 1 saturated heterocycles. The Kier molecular flexibility index (Phi) is 5.07. The van der Waals surface area contributed by atoms with Crippen LogP contribution in [0, 0.1) is 5.92 Å². The van der Waals surface area contributed by atoms with Gasteiger partial charge in [-0.25, -0.2) is 9.67 Å². The third-order valence-electron chi connectivity index (χ3n) is 4.55. The van der Waals surface area contributed by atoms with Crippen LogP contribution in [0.25, 0.3) is 0 Å². The van der Waals surface area contributed by atoms with Gasteiger partial charge in [0.2, 0.25) is 0 Å². The van der Waals surface area contributed by atoms with Crippen LogP contribution >= 0.6 is 0 Å². The Morgan fingerprint density at radius 1 is 1.30 bits per heavy atom. The maximum absolute atomic E-state index is 5.44. The van der Waals surface area contributed by atoms with Crippen molar-refractivity contribution in [3.63, 3.8) is 0 Å². The number of ether oxygens (including phenoxy) is 1. The smallest absolute Gasteiger partial charge is 0.141 e. The van der Waals surface area contributed by atoms with Crippen molar-refractivity contribution in [2.24, 2.45) is 13.0 Å². The van der Waals surface area contributed by atoms with Gasteiger partial charge in [0.25, 0.3) is 0 Å². The number of methoxy groups -OCH3 is 1. The minimum atomic E-state index is 0.464. The maximum Gasteiger partial charge on any atom is 0.141 e. The largest absolute Gasteiger partial charge is 0.384 e. The summed E-state index contributed by atoms with van der Waals surface area (Å²) in [5, 5.41) is 8.65. The quantitative estimate of drug-likeness (QED) is 0.770. The van der Waals surface area contributed by atoms with Crippen molar-refractivity contribution in [1.82, 2.24) is 29.4 Å². The van der Waals surface area contributed by atoms with Crippen LogP contribution in [-0.2, 0) is 24.9 Å². The molecule has 0 aliphatic carbocycles. The standard InChI is InChI=1S/C16H26N6O/c1-4-5-22-16(17-12-19-22)10-21-8-14(11-23-3)15(9-21)13-6-18-20(2)7-13/h6-7,12,14-15H,4-5,8-11H2,1-3H3/t14-,15-/m0/s1. The number of aromatic nitrogens is 5. The Hall–Kier alpha value is -1.73. The third-order valence-corrected chi connectivity index (χ3v) is 4.55. The van der Waals surface area contributed by atoms with Gasteiger partial charge in [0.15, 0.2) is 0 Å². The second-order valence-corrected chi connectivity index (χ2v) is 6.36. The number of hydrogen-bond donors (Lipinski definition) is 0. The van der Waals surface area contributed by atoms with Crippen LogP contribution in [0.4, 0.5) is 0 Å². The zero-order valence-corrected chi connectivity index (χ0v) is 14.2. The van der Waals surface area contributed by atoms with Gasteiger partial charge in [0.05, 0.1) is 19.3 Å². The predicted molar refractivity (Wildman–Crippen MR) is 86.9 cm³/mol. The number of likely N-dealkylation sites (tertiary alicyclic amines) is 1. The lowest BCUT2D eigenvalue weighted by molar-refractivity contribution is 0.147. The molecule has 0 spiro atoms. The van der Waals surface area contributed by atoms with Gasteiger partial charge in [0.1, 0.15) is 12.2 Å². The molecule has 1 fully saturated rings. The van der Waals surface area contributed by atoms with E-state index in [-0.39, 0.29) is 0 Å². The Morgan fingerprint density at radius 2 is 2.17 bits per heavy atom. The SMILES string of the molecule is CCCn1ncnc1CN1C[C@@H](COC)[C@H](c2cnn(C)c2)C1. The first-order valence-electron chi connectivity index (χ1n) is 8.27. The summed E-state index contributed by atoms with van der Waals surface area (Å²) in [6.45, 7) is 6.74. The molecule has 0 bridgehead atoms. The molecule has 0 radical (unpaired) electrons. The molecule has 7 heteroatoms. The second kappa shape index (κ2) is 7.23. The van der Waals surface area contributed by atoms with E-state index in [2.05, 4.69) is 33.2 Å². The van der Waals surface area contributed by atoms with Crippen LogP contribution in [-0.4, -0.2) is 56.3 Å². The molecule has 3 rings (SSSR count). The summed E-state index contributed by atoms with van der Waals surface area (Å²) in [6.07, 6.45) is 6.83. The van der Waals surface area contributed by atoms with Crippen LogP contribution in [0.15, 0.2) is 18.7 Å². The van der Waals surface area contributed by atoms with Crippen molar-refractivity contribution in [2.75, 3.05) is 26.8 Å². The normalized spacial score (nSPS) is 22.0. The molecule has 1 aliphatic heterocycles. The molecule has 0 aromatic carbocycles. The first-order valence-corrected chi connectivity index (χ1v) is 8.27. The molecule has 2 aromatic rings. The van der Waals surface area contributed by atoms with E-state index in [1.54, 1.807) is 13.4 Å². The summed E-state index contributed by atoms with van der Waals surface area (Å²) >= 11 is 0. The fourth-order valence-electron chi connectivity index (χ4n) is 3.49. The molecule has 0 saturated carbocycles. The van der Waals surface area contributed by atoms with Crippen molar-refractivity contribution in [3.05, 3.63) is 30.1 Å². The summed E-state index contributed by atoms with van der Waals surface area (Å²) < 4.78 is 9.33. The van der Waals surface area contributed by atoms with Crippen molar-refractivity contribution < 1.29 is 4.74 Å². The van der Waals surface area contributed by atoms with Crippen LogP contribution in [0.1, 0.15) is 30.7 Å². The molecule has 2 aromatic heterocycles. The number of nitrogens with zero attached hydrogens (tertiary/aromatic N) is 6. The zero-order chi connectivity index (χ0) is 16.2. The number of aryl methyl sites for hydroxylation is 2. The van der Waals surface area contributed by atoms with Crippen LogP contribution < -0.4 is 0 Å². The van der Waals surface area contributed by atoms with Gasteiger partial charge in [-0.2, -0.15) is 10.2 Å². The van der Waals surface area contributed by atoms with E-state index in [4.69, 9.17) is 4.74 Å². The topological polar surface area (TPSA) is 61.0 Å². The lowest BCUT2D eigenvalue weighted by Gasteiger charge is -2.15. The predicted octanol–water partition coefficient (Wildman–Crippen LogP) is 1.28. The second-order valence-electron chi connectivity index (χ2n) is 6.36. The van der Waals surface area contributed by atoms with Crippen molar-refractivity contribution in [1.29, 1.82) is 0 Å². The highest BCUT2D eigenvalue weighted by atomic mass is 16.5.